The number of hydrogen-bond donors (Lipinski definition) is 1. The summed E-state index contributed by atoms with van der Waals surface area (Å²) in [5.41, 5.74) is 0. The van der Waals surface area contributed by atoms with Crippen molar-refractivity contribution in [2.24, 2.45) is 0 Å². The van der Waals surface area contributed by atoms with Crippen molar-refractivity contribution in [1.82, 2.24) is 0 Å². The molecule has 0 amide bonds. The molecule has 0 rings (SSSR count). The molecular formula is HI18S-. The molecule has 134 valence electrons. The average molecular weight is 2320 g/mol. The molecule has 0 N–H and O–H groups in total. The van der Waals surface area contributed by atoms with E-state index in [0.717, 1.165) is 0 Å². The van der Waals surface area contributed by atoms with Crippen LogP contribution in [0.15, 0.2) is 0 Å². The Hall–Kier alpha value is 13.5. The molecule has 0 fully saturated rings. The van der Waals surface area contributed by atoms with Crippen LogP contribution < -0.4 is 15.8 Å². The van der Waals surface area contributed by atoms with Crippen LogP contribution in [0.4, 0.5) is 0 Å². The SMILES string of the molecule is S[I-]I(I)I(I)I(I)I(I)I(I)I(I)I(I)I(I)I. The molecule has 0 heterocycles. The van der Waals surface area contributed by atoms with E-state index in [1.54, 1.807) is 0 Å². The maximum atomic E-state index is 4.74. The molecule has 0 radical (unpaired) electrons. The fraction of sp³-hybridized carbons (Fsp3) is 0. The van der Waals surface area contributed by atoms with Gasteiger partial charge in [0.2, 0.25) is 0 Å². The van der Waals surface area contributed by atoms with Crippen LogP contribution in [0, 0.1) is 0 Å². The Morgan fingerprint density at radius 1 is 0.526 bits per heavy atom. The van der Waals surface area contributed by atoms with E-state index < -0.39 is 55.3 Å². The van der Waals surface area contributed by atoms with E-state index in [4.69, 9.17) is 9.80 Å². The zero-order chi connectivity index (χ0) is 15.3. The molecule has 19 heteroatoms. The molecule has 0 saturated heterocycles. The molecule has 19 heavy (non-hydrogen) atoms. The zero-order valence-corrected chi connectivity index (χ0v) is 47.0. The summed E-state index contributed by atoms with van der Waals surface area (Å²) in [4.78, 5) is 0. The second-order valence-corrected chi connectivity index (χ2v) is 400. The van der Waals surface area contributed by atoms with E-state index in [9.17, 15) is 0 Å². The van der Waals surface area contributed by atoms with Gasteiger partial charge in [-0.2, -0.15) is 0 Å². The van der Waals surface area contributed by atoms with Crippen LogP contribution >= 0.6 is 240 Å². The third-order valence-corrected chi connectivity index (χ3v) is 1200. The first-order valence-electron chi connectivity index (χ1n) is 2.60. The first-order chi connectivity index (χ1) is 8.64. The molecule has 0 aromatic heterocycles. The Kier molecular flexibility index (Phi) is 33.8. The van der Waals surface area contributed by atoms with E-state index in [1.165, 1.54) is 0 Å². The fourth-order valence-corrected chi connectivity index (χ4v) is 2630. The van der Waals surface area contributed by atoms with Crippen molar-refractivity contribution in [3.63, 3.8) is 0 Å². The van der Waals surface area contributed by atoms with Crippen molar-refractivity contribution in [3.05, 3.63) is 0 Å². The molecule has 0 aliphatic heterocycles. The molecule has 0 aromatic rings. The van der Waals surface area contributed by atoms with Crippen molar-refractivity contribution < 1.29 is 15.8 Å². The van der Waals surface area contributed by atoms with Gasteiger partial charge in [0.05, 0.1) is 0 Å². The van der Waals surface area contributed by atoms with Crippen LogP contribution in [0.3, 0.4) is 0 Å². The van der Waals surface area contributed by atoms with Gasteiger partial charge in [-0.05, 0) is 0 Å². The molecule has 0 nitrogen and oxygen atoms in total. The van der Waals surface area contributed by atoms with Gasteiger partial charge in [0, 0.05) is 0 Å². The number of rotatable bonds is 8. The van der Waals surface area contributed by atoms with E-state index in [-0.39, 0.29) is 7.89 Å². The van der Waals surface area contributed by atoms with Crippen molar-refractivity contribution in [2.45, 2.75) is 0 Å². The van der Waals surface area contributed by atoms with E-state index >= 15 is 0 Å². The molecule has 0 aliphatic rings. The van der Waals surface area contributed by atoms with Gasteiger partial charge in [0.1, 0.15) is 0 Å². The number of hydrogen-bond acceptors (Lipinski definition) is 1. The van der Waals surface area contributed by atoms with Crippen LogP contribution in [0.25, 0.3) is 0 Å². The van der Waals surface area contributed by atoms with Crippen molar-refractivity contribution in [3.8, 4) is 0 Å². The van der Waals surface area contributed by atoms with Crippen LogP contribution in [0.1, 0.15) is 0 Å². The van der Waals surface area contributed by atoms with Gasteiger partial charge in [-0.25, -0.2) is 0 Å². The van der Waals surface area contributed by atoms with Crippen molar-refractivity contribution in [1.29, 1.82) is 0 Å². The average Bonchev–Trinajstić information content (AvgIpc) is 2.40. The topological polar surface area (TPSA) is 0 Å². The normalized spacial score (nSPS) is 17.6. The van der Waals surface area contributed by atoms with Crippen molar-refractivity contribution >= 4 is 240 Å². The minimum absolute atomic E-state index is 0.382. The first kappa shape index (κ1) is 32.5. The van der Waals surface area contributed by atoms with Crippen LogP contribution in [0.2, 0.25) is 0 Å². The Morgan fingerprint density at radius 3 is 1.16 bits per heavy atom. The van der Waals surface area contributed by atoms with Gasteiger partial charge in [-0.15, -0.1) is 0 Å². The summed E-state index contributed by atoms with van der Waals surface area (Å²) in [5.74, 6) is 0. The Balaban J connectivity index is 4.67. The molecule has 0 bridgehead atoms. The summed E-state index contributed by atoms with van der Waals surface area (Å²) in [6, 6.07) is 0. The Bertz CT molecular complexity index is 236. The third-order valence-electron chi connectivity index (χ3n) is 0.620. The molecular weight excluding hydrogens is 2320 g/mol. The predicted molar refractivity (Wildman–Crippen MR) is 247 cm³/mol. The summed E-state index contributed by atoms with van der Waals surface area (Å²) in [7, 11) is 1.43. The summed E-state index contributed by atoms with van der Waals surface area (Å²) in [6.07, 6.45) is 0. The van der Waals surface area contributed by atoms with Crippen molar-refractivity contribution in [2.75, 3.05) is 0 Å². The fourth-order valence-electron chi connectivity index (χ4n) is 0.203. The molecule has 0 saturated carbocycles. The summed E-state index contributed by atoms with van der Waals surface area (Å²) >= 11 is 27.6. The third kappa shape index (κ3) is 14.5. The standard InChI is InChI=1S/HI18S/c1-11(2)13(4)15(6)17(8)18(9)16(7)14(5)12(3)10-19/h19H/q-1. The van der Waals surface area contributed by atoms with Gasteiger partial charge in [0.15, 0.2) is 0 Å². The van der Waals surface area contributed by atoms with E-state index in [2.05, 4.69) is 168 Å². The van der Waals surface area contributed by atoms with E-state index in [0.29, 0.717) is 15.8 Å². The van der Waals surface area contributed by atoms with Crippen LogP contribution in [-0.4, -0.2) is 0 Å². The summed E-state index contributed by atoms with van der Waals surface area (Å²) in [5, 5.41) is 0. The second-order valence-electron chi connectivity index (χ2n) is 1.36. The van der Waals surface area contributed by atoms with Crippen LogP contribution in [-0.2, 0) is 0 Å². The van der Waals surface area contributed by atoms with Gasteiger partial charge in [0.25, 0.3) is 0 Å². The van der Waals surface area contributed by atoms with Crippen LogP contribution in [0.5, 0.6) is 0 Å². The number of halogens is 18. The maximum absolute atomic E-state index is 4.74. The first-order valence-corrected chi connectivity index (χ1v) is 113. The van der Waals surface area contributed by atoms with Gasteiger partial charge in [-0.1, -0.05) is 0 Å². The summed E-state index contributed by atoms with van der Waals surface area (Å²) in [6.45, 7) is 0. The van der Waals surface area contributed by atoms with Gasteiger partial charge in [-0.3, -0.25) is 0 Å². The molecule has 0 aromatic carbocycles. The van der Waals surface area contributed by atoms with Gasteiger partial charge < -0.3 is 0 Å². The monoisotopic (exact) mass is 2320 g/mol. The molecule has 0 atom stereocenters. The molecule has 0 aliphatic carbocycles. The predicted octanol–water partition coefficient (Wildman–Crippen LogP) is 12.4. The zero-order valence-electron chi connectivity index (χ0n) is 7.25. The Morgan fingerprint density at radius 2 is 0.842 bits per heavy atom. The number of thiol groups is 1. The Labute approximate surface area is 242 Å². The second kappa shape index (κ2) is 19.8. The molecule has 0 unspecified atom stereocenters. The minimum atomic E-state index is -0.441. The van der Waals surface area contributed by atoms with E-state index in [1.807, 2.05) is 0 Å². The summed E-state index contributed by atoms with van der Waals surface area (Å²) < 4.78 is 0. The van der Waals surface area contributed by atoms with Gasteiger partial charge >= 0.3 is 256 Å². The molecule has 0 spiro atoms. The quantitative estimate of drug-likeness (QED) is 0.182.